The first-order valence-electron chi connectivity index (χ1n) is 5.62. The van der Waals surface area contributed by atoms with Crippen LogP contribution in [0.1, 0.15) is 26.6 Å². The SMILES string of the molecule is CC(C)(C)Cc1noc(-c2cccc(N)c2)n1. The smallest absolute Gasteiger partial charge is 0.257 e. The molecule has 17 heavy (non-hydrogen) atoms. The highest BCUT2D eigenvalue weighted by Gasteiger charge is 2.16. The summed E-state index contributed by atoms with van der Waals surface area (Å²) in [4.78, 5) is 4.37. The monoisotopic (exact) mass is 231 g/mol. The van der Waals surface area contributed by atoms with Gasteiger partial charge in [0.05, 0.1) is 0 Å². The lowest BCUT2D eigenvalue weighted by Crippen LogP contribution is -2.10. The van der Waals surface area contributed by atoms with E-state index in [2.05, 4.69) is 30.9 Å². The molecule has 1 aromatic carbocycles. The van der Waals surface area contributed by atoms with Crippen molar-refractivity contribution >= 4 is 5.69 Å². The maximum absolute atomic E-state index is 5.71. The van der Waals surface area contributed by atoms with Crippen LogP contribution in [0.25, 0.3) is 11.5 Å². The number of anilines is 1. The van der Waals surface area contributed by atoms with Crippen LogP contribution in [0.5, 0.6) is 0 Å². The molecule has 0 aliphatic heterocycles. The normalized spacial score (nSPS) is 11.7. The van der Waals surface area contributed by atoms with Gasteiger partial charge in [-0.25, -0.2) is 0 Å². The lowest BCUT2D eigenvalue weighted by atomic mass is 9.92. The van der Waals surface area contributed by atoms with E-state index in [1.54, 1.807) is 0 Å². The van der Waals surface area contributed by atoms with Crippen LogP contribution in [-0.4, -0.2) is 10.1 Å². The molecule has 0 atom stereocenters. The fourth-order valence-corrected chi connectivity index (χ4v) is 1.59. The van der Waals surface area contributed by atoms with Crippen molar-refractivity contribution in [3.63, 3.8) is 0 Å². The molecule has 0 aliphatic rings. The van der Waals surface area contributed by atoms with Gasteiger partial charge in [0, 0.05) is 17.7 Å². The van der Waals surface area contributed by atoms with E-state index in [9.17, 15) is 0 Å². The third-order valence-corrected chi connectivity index (χ3v) is 2.29. The molecular weight excluding hydrogens is 214 g/mol. The minimum Gasteiger partial charge on any atom is -0.399 e. The summed E-state index contributed by atoms with van der Waals surface area (Å²) in [5.74, 6) is 1.26. The van der Waals surface area contributed by atoms with E-state index in [-0.39, 0.29) is 5.41 Å². The van der Waals surface area contributed by atoms with Gasteiger partial charge in [-0.1, -0.05) is 32.0 Å². The summed E-state index contributed by atoms with van der Waals surface area (Å²) in [5.41, 5.74) is 7.42. The molecule has 1 heterocycles. The van der Waals surface area contributed by atoms with Crippen LogP contribution < -0.4 is 5.73 Å². The Kier molecular flexibility index (Phi) is 2.88. The Morgan fingerprint density at radius 3 is 2.71 bits per heavy atom. The van der Waals surface area contributed by atoms with Crippen LogP contribution in [0.4, 0.5) is 5.69 Å². The average molecular weight is 231 g/mol. The summed E-state index contributed by atoms with van der Waals surface area (Å²) < 4.78 is 5.23. The second-order valence-corrected chi connectivity index (χ2v) is 5.38. The van der Waals surface area contributed by atoms with Crippen molar-refractivity contribution in [2.75, 3.05) is 5.73 Å². The van der Waals surface area contributed by atoms with Crippen LogP contribution in [0.2, 0.25) is 0 Å². The van der Waals surface area contributed by atoms with E-state index < -0.39 is 0 Å². The van der Waals surface area contributed by atoms with Crippen molar-refractivity contribution in [2.45, 2.75) is 27.2 Å². The van der Waals surface area contributed by atoms with Crippen molar-refractivity contribution < 1.29 is 4.52 Å². The third kappa shape index (κ3) is 3.06. The third-order valence-electron chi connectivity index (χ3n) is 2.29. The van der Waals surface area contributed by atoms with Gasteiger partial charge in [-0.15, -0.1) is 0 Å². The van der Waals surface area contributed by atoms with Crippen LogP contribution >= 0.6 is 0 Å². The van der Waals surface area contributed by atoms with Gasteiger partial charge in [-0.2, -0.15) is 4.98 Å². The zero-order valence-electron chi connectivity index (χ0n) is 10.4. The molecule has 0 radical (unpaired) electrons. The van der Waals surface area contributed by atoms with Crippen molar-refractivity contribution in [3.05, 3.63) is 30.1 Å². The summed E-state index contributed by atoms with van der Waals surface area (Å²) >= 11 is 0. The molecule has 2 aromatic rings. The number of nitrogens with zero attached hydrogens (tertiary/aromatic N) is 2. The standard InChI is InChI=1S/C13H17N3O/c1-13(2,3)8-11-15-12(17-16-11)9-5-4-6-10(14)7-9/h4-7H,8,14H2,1-3H3. The van der Waals surface area contributed by atoms with Crippen LogP contribution in [0.15, 0.2) is 28.8 Å². The Bertz CT molecular complexity index is 511. The van der Waals surface area contributed by atoms with Gasteiger partial charge in [-0.05, 0) is 23.6 Å². The van der Waals surface area contributed by atoms with E-state index in [0.717, 1.165) is 17.8 Å². The Hall–Kier alpha value is -1.84. The molecule has 90 valence electrons. The highest BCUT2D eigenvalue weighted by atomic mass is 16.5. The fraction of sp³-hybridized carbons (Fsp3) is 0.385. The minimum atomic E-state index is 0.150. The number of rotatable bonds is 2. The van der Waals surface area contributed by atoms with E-state index in [1.165, 1.54) is 0 Å². The maximum Gasteiger partial charge on any atom is 0.257 e. The summed E-state index contributed by atoms with van der Waals surface area (Å²) in [6.07, 6.45) is 0.790. The molecule has 1 aromatic heterocycles. The summed E-state index contributed by atoms with van der Waals surface area (Å²) in [6.45, 7) is 6.43. The molecule has 0 aliphatic carbocycles. The minimum absolute atomic E-state index is 0.150. The van der Waals surface area contributed by atoms with Crippen LogP contribution in [0, 0.1) is 5.41 Å². The largest absolute Gasteiger partial charge is 0.399 e. The summed E-state index contributed by atoms with van der Waals surface area (Å²) in [5, 5.41) is 3.98. The topological polar surface area (TPSA) is 64.9 Å². The van der Waals surface area contributed by atoms with E-state index >= 15 is 0 Å². The number of nitrogen functional groups attached to an aromatic ring is 1. The number of benzene rings is 1. The molecule has 0 saturated heterocycles. The van der Waals surface area contributed by atoms with E-state index in [4.69, 9.17) is 10.3 Å². The molecule has 0 spiro atoms. The first-order valence-corrected chi connectivity index (χ1v) is 5.62. The van der Waals surface area contributed by atoms with Gasteiger partial charge in [0.25, 0.3) is 5.89 Å². The molecular formula is C13H17N3O. The molecule has 2 rings (SSSR count). The van der Waals surface area contributed by atoms with Crippen molar-refractivity contribution in [3.8, 4) is 11.5 Å². The lowest BCUT2D eigenvalue weighted by molar-refractivity contribution is 0.374. The zero-order chi connectivity index (χ0) is 12.5. The van der Waals surface area contributed by atoms with Gasteiger partial charge in [0.2, 0.25) is 0 Å². The lowest BCUT2D eigenvalue weighted by Gasteiger charge is -2.14. The number of hydrogen-bond acceptors (Lipinski definition) is 4. The van der Waals surface area contributed by atoms with Gasteiger partial charge in [-0.3, -0.25) is 0 Å². The van der Waals surface area contributed by atoms with E-state index in [1.807, 2.05) is 24.3 Å². The van der Waals surface area contributed by atoms with Gasteiger partial charge in [0.1, 0.15) is 0 Å². The van der Waals surface area contributed by atoms with Crippen molar-refractivity contribution in [1.29, 1.82) is 0 Å². The first kappa shape index (κ1) is 11.6. The quantitative estimate of drug-likeness (QED) is 0.807. The molecule has 0 unspecified atom stereocenters. The van der Waals surface area contributed by atoms with Gasteiger partial charge >= 0.3 is 0 Å². The zero-order valence-corrected chi connectivity index (χ0v) is 10.4. The van der Waals surface area contributed by atoms with Crippen LogP contribution in [0.3, 0.4) is 0 Å². The summed E-state index contributed by atoms with van der Waals surface area (Å²) in [7, 11) is 0. The molecule has 0 amide bonds. The molecule has 0 bridgehead atoms. The number of nitrogens with two attached hydrogens (primary N) is 1. The van der Waals surface area contributed by atoms with E-state index in [0.29, 0.717) is 11.6 Å². The van der Waals surface area contributed by atoms with Crippen molar-refractivity contribution in [2.24, 2.45) is 5.41 Å². The predicted octanol–water partition coefficient (Wildman–Crippen LogP) is 2.91. The highest BCUT2D eigenvalue weighted by molar-refractivity contribution is 5.59. The first-order chi connectivity index (χ1) is 7.94. The molecule has 4 heteroatoms. The summed E-state index contributed by atoms with van der Waals surface area (Å²) in [6, 6.07) is 7.44. The maximum atomic E-state index is 5.71. The second-order valence-electron chi connectivity index (χ2n) is 5.38. The molecule has 4 nitrogen and oxygen atoms in total. The fourth-order valence-electron chi connectivity index (χ4n) is 1.59. The average Bonchev–Trinajstić information content (AvgIpc) is 2.63. The Morgan fingerprint density at radius 2 is 2.06 bits per heavy atom. The van der Waals surface area contributed by atoms with Gasteiger partial charge in [0.15, 0.2) is 5.82 Å². The van der Waals surface area contributed by atoms with Crippen LogP contribution in [-0.2, 0) is 6.42 Å². The Labute approximate surface area is 101 Å². The Morgan fingerprint density at radius 1 is 1.29 bits per heavy atom. The molecule has 0 fully saturated rings. The van der Waals surface area contributed by atoms with Crippen molar-refractivity contribution in [1.82, 2.24) is 10.1 Å². The van der Waals surface area contributed by atoms with Gasteiger partial charge < -0.3 is 10.3 Å². The second kappa shape index (κ2) is 4.20. The predicted molar refractivity (Wildman–Crippen MR) is 67.3 cm³/mol. The number of hydrogen-bond donors (Lipinski definition) is 1. The molecule has 0 saturated carbocycles. The Balaban J connectivity index is 2.24. The highest BCUT2D eigenvalue weighted by Crippen LogP contribution is 2.23. The number of aromatic nitrogens is 2. The molecule has 2 N–H and O–H groups in total.